The van der Waals surface area contributed by atoms with Crippen LogP contribution in [0.2, 0.25) is 5.15 Å². The van der Waals surface area contributed by atoms with E-state index in [9.17, 15) is 9.18 Å². The van der Waals surface area contributed by atoms with Crippen LogP contribution in [0, 0.1) is 17.1 Å². The number of halogens is 2. The van der Waals surface area contributed by atoms with Crippen LogP contribution in [0.3, 0.4) is 0 Å². The topological polar surface area (TPSA) is 98.0 Å². The van der Waals surface area contributed by atoms with Gasteiger partial charge in [-0.15, -0.1) is 0 Å². The fourth-order valence-electron chi connectivity index (χ4n) is 2.46. The van der Waals surface area contributed by atoms with E-state index in [0.29, 0.717) is 12.8 Å². The van der Waals surface area contributed by atoms with Gasteiger partial charge in [0, 0.05) is 6.04 Å². The fraction of sp³-hybridized carbons (Fsp3) is 0.462. The van der Waals surface area contributed by atoms with E-state index in [1.165, 1.54) is 0 Å². The number of pyridine rings is 1. The quantitative estimate of drug-likeness (QED) is 0.745. The number of carboxylic acid groups (broad SMARTS) is 1. The van der Waals surface area contributed by atoms with Gasteiger partial charge in [0.25, 0.3) is 0 Å². The number of carbonyl (C=O) groups is 1. The Morgan fingerprint density at radius 1 is 1.48 bits per heavy atom. The second-order valence-corrected chi connectivity index (χ2v) is 5.22. The third-order valence-electron chi connectivity index (χ3n) is 3.45. The van der Waals surface area contributed by atoms with Crippen molar-refractivity contribution in [1.29, 1.82) is 5.26 Å². The summed E-state index contributed by atoms with van der Waals surface area (Å²) in [5.41, 5.74) is -0.0384. The van der Waals surface area contributed by atoms with Crippen molar-refractivity contribution in [2.45, 2.75) is 37.8 Å². The Bertz CT molecular complexity index is 590. The first-order valence-corrected chi connectivity index (χ1v) is 6.91. The molecule has 0 spiro atoms. The number of nitrogens with one attached hydrogen (secondary N) is 2. The summed E-state index contributed by atoms with van der Waals surface area (Å²) in [5.74, 6) is -0.751. The standard InChI is InChI=1S/C13H14ClFN4O2/c14-11-7(6-16)5-8(15)12(19-11)17-9-3-1-2-4-10(9)18-13(20)21/h5,9-10,18H,1-4H2,(H,17,19)(H,20,21)/t9-,10+/m0/s1. The molecule has 1 fully saturated rings. The van der Waals surface area contributed by atoms with Gasteiger partial charge in [-0.3, -0.25) is 0 Å². The van der Waals surface area contributed by atoms with E-state index in [1.807, 2.05) is 0 Å². The van der Waals surface area contributed by atoms with Crippen molar-refractivity contribution in [3.05, 3.63) is 22.6 Å². The molecular formula is C13H14ClFN4O2. The highest BCUT2D eigenvalue weighted by molar-refractivity contribution is 6.30. The molecule has 1 aromatic heterocycles. The molecule has 6 nitrogen and oxygen atoms in total. The molecular weight excluding hydrogens is 299 g/mol. The van der Waals surface area contributed by atoms with E-state index in [0.717, 1.165) is 18.9 Å². The molecule has 8 heteroatoms. The van der Waals surface area contributed by atoms with Crippen molar-refractivity contribution in [2.24, 2.45) is 0 Å². The molecule has 1 aromatic rings. The van der Waals surface area contributed by atoms with Crippen molar-refractivity contribution >= 4 is 23.5 Å². The molecule has 2 rings (SSSR count). The molecule has 1 amide bonds. The fourth-order valence-corrected chi connectivity index (χ4v) is 2.64. The lowest BCUT2D eigenvalue weighted by molar-refractivity contribution is 0.184. The SMILES string of the molecule is N#Cc1cc(F)c(N[C@H]2CCCC[C@H]2NC(=O)O)nc1Cl. The second-order valence-electron chi connectivity index (χ2n) is 4.86. The maximum Gasteiger partial charge on any atom is 0.404 e. The maximum atomic E-state index is 13.9. The zero-order valence-electron chi connectivity index (χ0n) is 11.1. The number of nitrogens with zero attached hydrogens (tertiary/aromatic N) is 2. The normalized spacial score (nSPS) is 21.4. The molecule has 1 aliphatic carbocycles. The molecule has 112 valence electrons. The average Bonchev–Trinajstić information content (AvgIpc) is 2.44. The summed E-state index contributed by atoms with van der Waals surface area (Å²) in [5, 5.41) is 22.8. The first-order chi connectivity index (χ1) is 10.0. The van der Waals surface area contributed by atoms with Crippen molar-refractivity contribution in [3.63, 3.8) is 0 Å². The number of amides is 1. The Kier molecular flexibility index (Phi) is 4.81. The van der Waals surface area contributed by atoms with Gasteiger partial charge in [-0.05, 0) is 18.9 Å². The molecule has 0 aliphatic heterocycles. The van der Waals surface area contributed by atoms with E-state index in [4.69, 9.17) is 22.0 Å². The van der Waals surface area contributed by atoms with E-state index in [2.05, 4.69) is 15.6 Å². The van der Waals surface area contributed by atoms with Gasteiger partial charge in [-0.25, -0.2) is 14.2 Å². The number of rotatable bonds is 3. The summed E-state index contributed by atoms with van der Waals surface area (Å²) in [6.07, 6.45) is 2.09. The molecule has 0 aromatic carbocycles. The Morgan fingerprint density at radius 3 is 2.76 bits per heavy atom. The summed E-state index contributed by atoms with van der Waals surface area (Å²) < 4.78 is 13.9. The van der Waals surface area contributed by atoms with Gasteiger partial charge in [0.05, 0.1) is 11.6 Å². The predicted molar refractivity (Wildman–Crippen MR) is 74.7 cm³/mol. The van der Waals surface area contributed by atoms with Gasteiger partial charge in [0.15, 0.2) is 11.6 Å². The van der Waals surface area contributed by atoms with E-state index in [-0.39, 0.29) is 28.6 Å². The molecule has 0 saturated heterocycles. The van der Waals surface area contributed by atoms with Gasteiger partial charge in [-0.2, -0.15) is 5.26 Å². The third kappa shape index (κ3) is 3.73. The average molecular weight is 313 g/mol. The van der Waals surface area contributed by atoms with Crippen LogP contribution >= 0.6 is 11.6 Å². The van der Waals surface area contributed by atoms with E-state index < -0.39 is 11.9 Å². The minimum atomic E-state index is -1.11. The lowest BCUT2D eigenvalue weighted by atomic mass is 9.90. The number of anilines is 1. The minimum absolute atomic E-state index is 0.0384. The lowest BCUT2D eigenvalue weighted by Crippen LogP contribution is -2.48. The largest absolute Gasteiger partial charge is 0.465 e. The Hall–Kier alpha value is -2.07. The molecule has 0 radical (unpaired) electrons. The minimum Gasteiger partial charge on any atom is -0.465 e. The third-order valence-corrected chi connectivity index (χ3v) is 3.74. The summed E-state index contributed by atoms with van der Waals surface area (Å²) in [4.78, 5) is 14.6. The zero-order valence-corrected chi connectivity index (χ0v) is 11.8. The highest BCUT2D eigenvalue weighted by Gasteiger charge is 2.27. The monoisotopic (exact) mass is 312 g/mol. The van der Waals surface area contributed by atoms with Crippen molar-refractivity contribution in [1.82, 2.24) is 10.3 Å². The molecule has 21 heavy (non-hydrogen) atoms. The van der Waals surface area contributed by atoms with Crippen molar-refractivity contribution in [2.75, 3.05) is 5.32 Å². The molecule has 0 bridgehead atoms. The van der Waals surface area contributed by atoms with Gasteiger partial charge >= 0.3 is 6.09 Å². The number of hydrogen-bond acceptors (Lipinski definition) is 4. The van der Waals surface area contributed by atoms with E-state index >= 15 is 0 Å². The summed E-state index contributed by atoms with van der Waals surface area (Å²) in [7, 11) is 0. The molecule has 1 heterocycles. The number of aromatic nitrogens is 1. The highest BCUT2D eigenvalue weighted by Crippen LogP contribution is 2.25. The van der Waals surface area contributed by atoms with Gasteiger partial charge < -0.3 is 15.7 Å². The van der Waals surface area contributed by atoms with Crippen LogP contribution in [0.1, 0.15) is 31.2 Å². The van der Waals surface area contributed by atoms with Crippen LogP contribution in [0.25, 0.3) is 0 Å². The number of hydrogen-bond donors (Lipinski definition) is 3. The predicted octanol–water partition coefficient (Wildman–Crippen LogP) is 2.74. The van der Waals surface area contributed by atoms with Gasteiger partial charge in [-0.1, -0.05) is 24.4 Å². The lowest BCUT2D eigenvalue weighted by Gasteiger charge is -2.32. The second kappa shape index (κ2) is 6.59. The maximum absolute atomic E-state index is 13.9. The van der Waals surface area contributed by atoms with Gasteiger partial charge in [0.1, 0.15) is 11.2 Å². The first kappa shape index (κ1) is 15.3. The van der Waals surface area contributed by atoms with Crippen LogP contribution < -0.4 is 10.6 Å². The highest BCUT2D eigenvalue weighted by atomic mass is 35.5. The Morgan fingerprint density at radius 2 is 2.14 bits per heavy atom. The van der Waals surface area contributed by atoms with Crippen LogP contribution in [-0.4, -0.2) is 28.3 Å². The smallest absolute Gasteiger partial charge is 0.404 e. The zero-order chi connectivity index (χ0) is 15.4. The van der Waals surface area contributed by atoms with Gasteiger partial charge in [0.2, 0.25) is 0 Å². The molecule has 1 saturated carbocycles. The first-order valence-electron chi connectivity index (χ1n) is 6.53. The Balaban J connectivity index is 2.17. The van der Waals surface area contributed by atoms with Crippen molar-refractivity contribution in [3.8, 4) is 6.07 Å². The van der Waals surface area contributed by atoms with Crippen LogP contribution in [-0.2, 0) is 0 Å². The Labute approximate surface area is 125 Å². The molecule has 2 atom stereocenters. The van der Waals surface area contributed by atoms with Crippen molar-refractivity contribution < 1.29 is 14.3 Å². The summed E-state index contributed by atoms with van der Waals surface area (Å²) >= 11 is 5.79. The summed E-state index contributed by atoms with van der Waals surface area (Å²) in [6.45, 7) is 0. The molecule has 0 unspecified atom stereocenters. The number of nitriles is 1. The van der Waals surface area contributed by atoms with Crippen LogP contribution in [0.15, 0.2) is 6.07 Å². The van der Waals surface area contributed by atoms with Crippen LogP contribution in [0.4, 0.5) is 15.0 Å². The molecule has 1 aliphatic rings. The van der Waals surface area contributed by atoms with Crippen LogP contribution in [0.5, 0.6) is 0 Å². The van der Waals surface area contributed by atoms with E-state index in [1.54, 1.807) is 6.07 Å². The molecule has 3 N–H and O–H groups in total. The summed E-state index contributed by atoms with van der Waals surface area (Å²) in [6, 6.07) is 2.19.